The Hall–Kier alpha value is -1.57. The third kappa shape index (κ3) is 1.53. The molecule has 0 atom stereocenters. The molecule has 2 heteroatoms. The maximum absolute atomic E-state index is 10.5. The van der Waals surface area contributed by atoms with Gasteiger partial charge in [0.1, 0.15) is 0 Å². The topological polar surface area (TPSA) is 37.3 Å². The lowest BCUT2D eigenvalue weighted by Crippen LogP contribution is -1.89. The fourth-order valence-electron chi connectivity index (χ4n) is 1.06. The summed E-state index contributed by atoms with van der Waals surface area (Å²) in [6.07, 6.45) is 1.47. The highest BCUT2D eigenvalue weighted by atomic mass is 16.2. The second-order valence-electron chi connectivity index (χ2n) is 2.52. The van der Waals surface area contributed by atoms with E-state index < -0.39 is 0 Å². The molecule has 0 saturated heterocycles. The summed E-state index contributed by atoms with van der Waals surface area (Å²) in [5.41, 5.74) is 2.06. The van der Waals surface area contributed by atoms with Gasteiger partial charge >= 0.3 is 0 Å². The minimum absolute atomic E-state index is 0.313. The van der Waals surface area contributed by atoms with E-state index in [0.717, 1.165) is 17.4 Å². The van der Waals surface area contributed by atoms with E-state index in [0.29, 0.717) is 11.9 Å². The number of carbonyl (C=O) groups is 1. The molecule has 0 unspecified atom stereocenters. The molecular formula is C10H10O2. The van der Waals surface area contributed by atoms with Crippen molar-refractivity contribution in [3.8, 4) is 0 Å². The summed E-state index contributed by atoms with van der Waals surface area (Å²) in [4.78, 5) is 10.5. The number of rotatable bonds is 2. The van der Waals surface area contributed by atoms with Crippen molar-refractivity contribution in [3.05, 3.63) is 41.7 Å². The van der Waals surface area contributed by atoms with Gasteiger partial charge in [0.25, 0.3) is 0 Å². The zero-order valence-corrected chi connectivity index (χ0v) is 6.82. The van der Waals surface area contributed by atoms with Crippen molar-refractivity contribution in [2.45, 2.75) is 6.92 Å². The van der Waals surface area contributed by atoms with E-state index in [-0.39, 0.29) is 0 Å². The van der Waals surface area contributed by atoms with Gasteiger partial charge in [-0.15, -0.1) is 0 Å². The standard InChI is InChI=1S/C10H10O2/c1-8-4-2-3-5-10(8)9(6-11)7-12/h2-7,11H,1H3. The van der Waals surface area contributed by atoms with Gasteiger partial charge in [0.2, 0.25) is 0 Å². The first-order valence-corrected chi connectivity index (χ1v) is 3.65. The molecule has 62 valence electrons. The van der Waals surface area contributed by atoms with Crippen molar-refractivity contribution in [1.82, 2.24) is 0 Å². The van der Waals surface area contributed by atoms with E-state index in [1.165, 1.54) is 0 Å². The number of aldehydes is 1. The van der Waals surface area contributed by atoms with Gasteiger partial charge in [-0.2, -0.15) is 0 Å². The molecule has 0 aliphatic heterocycles. The Balaban J connectivity index is 3.18. The summed E-state index contributed by atoms with van der Waals surface area (Å²) in [6.45, 7) is 1.89. The van der Waals surface area contributed by atoms with E-state index in [1.807, 2.05) is 25.1 Å². The maximum atomic E-state index is 10.5. The molecule has 1 N–H and O–H groups in total. The predicted molar refractivity (Wildman–Crippen MR) is 47.8 cm³/mol. The van der Waals surface area contributed by atoms with Gasteiger partial charge in [0.15, 0.2) is 6.29 Å². The lowest BCUT2D eigenvalue weighted by atomic mass is 10.0. The Morgan fingerprint density at radius 3 is 2.58 bits per heavy atom. The van der Waals surface area contributed by atoms with Crippen molar-refractivity contribution in [1.29, 1.82) is 0 Å². The third-order valence-corrected chi connectivity index (χ3v) is 1.72. The molecular weight excluding hydrogens is 152 g/mol. The normalized spacial score (nSPS) is 11.2. The van der Waals surface area contributed by atoms with E-state index in [4.69, 9.17) is 5.11 Å². The van der Waals surface area contributed by atoms with Crippen LogP contribution in [0.25, 0.3) is 5.57 Å². The van der Waals surface area contributed by atoms with E-state index in [2.05, 4.69) is 0 Å². The molecule has 0 spiro atoms. The van der Waals surface area contributed by atoms with Crippen LogP contribution in [0.3, 0.4) is 0 Å². The number of aryl methyl sites for hydroxylation is 1. The minimum Gasteiger partial charge on any atom is -0.515 e. The monoisotopic (exact) mass is 162 g/mol. The minimum atomic E-state index is 0.313. The van der Waals surface area contributed by atoms with Crippen LogP contribution in [0, 0.1) is 6.92 Å². The molecule has 0 aliphatic rings. The Bertz CT molecular complexity index is 313. The van der Waals surface area contributed by atoms with Crippen LogP contribution in [0.4, 0.5) is 0 Å². The van der Waals surface area contributed by atoms with E-state index in [1.54, 1.807) is 6.07 Å². The van der Waals surface area contributed by atoms with Crippen LogP contribution in [-0.4, -0.2) is 11.4 Å². The number of carbonyl (C=O) groups excluding carboxylic acids is 1. The summed E-state index contributed by atoms with van der Waals surface area (Å²) in [5, 5.41) is 8.71. The number of hydrogen-bond donors (Lipinski definition) is 1. The SMILES string of the molecule is Cc1ccccc1C(C=O)=CO. The second kappa shape index (κ2) is 3.72. The average Bonchev–Trinajstić information content (AvgIpc) is 2.10. The lowest BCUT2D eigenvalue weighted by Gasteiger charge is -2.01. The molecule has 1 aromatic carbocycles. The maximum Gasteiger partial charge on any atom is 0.153 e. The first-order valence-electron chi connectivity index (χ1n) is 3.65. The highest BCUT2D eigenvalue weighted by Crippen LogP contribution is 2.15. The molecule has 0 heterocycles. The second-order valence-corrected chi connectivity index (χ2v) is 2.52. The molecule has 1 rings (SSSR count). The lowest BCUT2D eigenvalue weighted by molar-refractivity contribution is -0.103. The van der Waals surface area contributed by atoms with Gasteiger partial charge in [-0.1, -0.05) is 24.3 Å². The molecule has 0 aliphatic carbocycles. The van der Waals surface area contributed by atoms with Gasteiger partial charge in [0.05, 0.1) is 11.8 Å². The first kappa shape index (κ1) is 8.53. The van der Waals surface area contributed by atoms with Crippen molar-refractivity contribution in [3.63, 3.8) is 0 Å². The number of aliphatic hydroxyl groups is 1. The molecule has 1 aromatic rings. The van der Waals surface area contributed by atoms with E-state index >= 15 is 0 Å². The van der Waals surface area contributed by atoms with Gasteiger partial charge < -0.3 is 5.11 Å². The Labute approximate surface area is 71.2 Å². The Kier molecular flexibility index (Phi) is 2.64. The number of allylic oxidation sites excluding steroid dienone is 1. The van der Waals surface area contributed by atoms with Crippen LogP contribution >= 0.6 is 0 Å². The molecule has 0 aromatic heterocycles. The van der Waals surface area contributed by atoms with Crippen molar-refractivity contribution in [2.24, 2.45) is 0 Å². The summed E-state index contributed by atoms with van der Waals surface area (Å²) < 4.78 is 0. The molecule has 0 amide bonds. The van der Waals surface area contributed by atoms with Crippen molar-refractivity contribution in [2.75, 3.05) is 0 Å². The zero-order valence-electron chi connectivity index (χ0n) is 6.82. The molecule has 2 nitrogen and oxygen atoms in total. The Morgan fingerprint density at radius 2 is 2.08 bits per heavy atom. The summed E-state index contributed by atoms with van der Waals surface area (Å²) >= 11 is 0. The third-order valence-electron chi connectivity index (χ3n) is 1.72. The largest absolute Gasteiger partial charge is 0.515 e. The molecule has 0 bridgehead atoms. The zero-order chi connectivity index (χ0) is 8.97. The summed E-state index contributed by atoms with van der Waals surface area (Å²) in [6, 6.07) is 7.40. The van der Waals surface area contributed by atoms with Gasteiger partial charge in [-0.05, 0) is 18.1 Å². The van der Waals surface area contributed by atoms with Crippen LogP contribution in [-0.2, 0) is 4.79 Å². The number of aliphatic hydroxyl groups excluding tert-OH is 1. The van der Waals surface area contributed by atoms with Gasteiger partial charge in [0, 0.05) is 0 Å². The highest BCUT2D eigenvalue weighted by Gasteiger charge is 2.01. The van der Waals surface area contributed by atoms with Gasteiger partial charge in [-0.3, -0.25) is 4.79 Å². The molecule has 0 fully saturated rings. The summed E-state index contributed by atoms with van der Waals surface area (Å²) in [5.74, 6) is 0. The Morgan fingerprint density at radius 1 is 1.42 bits per heavy atom. The van der Waals surface area contributed by atoms with Crippen LogP contribution < -0.4 is 0 Å². The quantitative estimate of drug-likeness (QED) is 0.410. The van der Waals surface area contributed by atoms with Crippen molar-refractivity contribution >= 4 is 11.9 Å². The van der Waals surface area contributed by atoms with Crippen LogP contribution in [0.5, 0.6) is 0 Å². The van der Waals surface area contributed by atoms with Crippen LogP contribution in [0.2, 0.25) is 0 Å². The fourth-order valence-corrected chi connectivity index (χ4v) is 1.06. The average molecular weight is 162 g/mol. The number of hydrogen-bond acceptors (Lipinski definition) is 2. The smallest absolute Gasteiger partial charge is 0.153 e. The van der Waals surface area contributed by atoms with Crippen LogP contribution in [0.15, 0.2) is 30.5 Å². The fraction of sp³-hybridized carbons (Fsp3) is 0.100. The number of benzene rings is 1. The highest BCUT2D eigenvalue weighted by molar-refractivity contribution is 6.06. The molecule has 0 radical (unpaired) electrons. The van der Waals surface area contributed by atoms with Gasteiger partial charge in [-0.25, -0.2) is 0 Å². The van der Waals surface area contributed by atoms with E-state index in [9.17, 15) is 4.79 Å². The summed E-state index contributed by atoms with van der Waals surface area (Å²) in [7, 11) is 0. The van der Waals surface area contributed by atoms with Crippen molar-refractivity contribution < 1.29 is 9.90 Å². The molecule has 12 heavy (non-hydrogen) atoms. The van der Waals surface area contributed by atoms with Crippen LogP contribution in [0.1, 0.15) is 11.1 Å². The predicted octanol–water partition coefficient (Wildman–Crippen LogP) is 2.09. The molecule has 0 saturated carbocycles. The first-order chi connectivity index (χ1) is 5.79.